The minimum Gasteiger partial charge on any atom is -0.461 e. The smallest absolute Gasteiger partial charge is 0.412 e. The van der Waals surface area contributed by atoms with Crippen LogP contribution >= 0.6 is 0 Å². The lowest BCUT2D eigenvalue weighted by Gasteiger charge is -2.19. The van der Waals surface area contributed by atoms with Gasteiger partial charge in [0.05, 0.1) is 50.2 Å². The molecule has 2 aromatic heterocycles. The van der Waals surface area contributed by atoms with Gasteiger partial charge in [-0.15, -0.1) is 0 Å². The quantitative estimate of drug-likeness (QED) is 0.192. The number of nitrogens with zero attached hydrogens (tertiary/aromatic N) is 2. The predicted octanol–water partition coefficient (Wildman–Crippen LogP) is 4.69. The van der Waals surface area contributed by atoms with Crippen LogP contribution in [-0.4, -0.2) is 64.5 Å². The van der Waals surface area contributed by atoms with Gasteiger partial charge in [-0.25, -0.2) is 28.5 Å². The Morgan fingerprint density at radius 1 is 0.773 bits per heavy atom. The zero-order valence-electron chi connectivity index (χ0n) is 25.6. The summed E-state index contributed by atoms with van der Waals surface area (Å²) in [7, 11) is 1.40. The Morgan fingerprint density at radius 3 is 1.80 bits per heavy atom. The molecule has 0 aliphatic carbocycles. The van der Waals surface area contributed by atoms with Gasteiger partial charge in [0.1, 0.15) is 12.2 Å². The second-order valence-corrected chi connectivity index (χ2v) is 10.3. The van der Waals surface area contributed by atoms with E-state index in [2.05, 4.69) is 10.6 Å². The van der Waals surface area contributed by atoms with Crippen LogP contribution in [0.2, 0.25) is 0 Å². The number of anilines is 2. The van der Waals surface area contributed by atoms with Crippen LogP contribution in [0.5, 0.6) is 0 Å². The van der Waals surface area contributed by atoms with Crippen LogP contribution in [0.15, 0.2) is 42.7 Å². The molecule has 14 heteroatoms. The largest absolute Gasteiger partial charge is 0.461 e. The first-order valence-corrected chi connectivity index (χ1v) is 13.8. The maximum absolute atomic E-state index is 13.3. The van der Waals surface area contributed by atoms with Crippen molar-refractivity contribution in [2.75, 3.05) is 31.0 Å². The molecule has 3 rings (SSSR count). The number of methoxy groups -OCH3 is 1. The van der Waals surface area contributed by atoms with Crippen LogP contribution < -0.4 is 10.6 Å². The molecule has 0 fully saturated rings. The van der Waals surface area contributed by atoms with E-state index >= 15 is 0 Å². The third kappa shape index (κ3) is 8.39. The van der Waals surface area contributed by atoms with E-state index in [1.165, 1.54) is 28.9 Å². The topological polar surface area (TPSA) is 169 Å². The van der Waals surface area contributed by atoms with Gasteiger partial charge in [0.15, 0.2) is 11.4 Å². The molecule has 238 valence electrons. The fraction of sp³-hybridized carbons (Fsp3) is 0.400. The normalized spacial score (nSPS) is 11.1. The summed E-state index contributed by atoms with van der Waals surface area (Å²) in [6.45, 7) is 7.44. The number of aliphatic hydroxyl groups is 1. The molecule has 0 aliphatic heterocycles. The highest BCUT2D eigenvalue weighted by Gasteiger charge is 2.31. The molecule has 44 heavy (non-hydrogen) atoms. The van der Waals surface area contributed by atoms with Crippen molar-refractivity contribution in [3.05, 3.63) is 70.8 Å². The van der Waals surface area contributed by atoms with Crippen LogP contribution in [-0.2, 0) is 43.5 Å². The zero-order valence-corrected chi connectivity index (χ0v) is 25.6. The molecular formula is C30H38N4O10. The van der Waals surface area contributed by atoms with E-state index in [1.54, 1.807) is 58.9 Å². The molecule has 0 aliphatic rings. The number of carbonyl (C=O) groups excluding carboxylic acids is 4. The first-order chi connectivity index (χ1) is 20.9. The number of nitrogens with one attached hydrogen (secondary N) is 2. The first-order valence-electron chi connectivity index (χ1n) is 13.8. The van der Waals surface area contributed by atoms with Gasteiger partial charge in [0.25, 0.3) is 0 Å². The average Bonchev–Trinajstić information content (AvgIpc) is 3.49. The molecule has 3 N–H and O–H groups in total. The Bertz CT molecular complexity index is 1470. The molecule has 14 nitrogen and oxygen atoms in total. The van der Waals surface area contributed by atoms with Gasteiger partial charge in [0.2, 0.25) is 0 Å². The number of rotatable bonds is 12. The number of hydrogen-bond acceptors (Lipinski definition) is 10. The highest BCUT2D eigenvalue weighted by molar-refractivity contribution is 5.97. The summed E-state index contributed by atoms with van der Waals surface area (Å²) in [5.41, 5.74) is -0.0643. The van der Waals surface area contributed by atoms with Crippen molar-refractivity contribution in [3.63, 3.8) is 0 Å². The molecule has 0 bridgehead atoms. The van der Waals surface area contributed by atoms with E-state index in [1.807, 2.05) is 6.07 Å². The minimum absolute atomic E-state index is 0.00640. The van der Waals surface area contributed by atoms with Crippen LogP contribution in [0.4, 0.5) is 21.0 Å². The number of aliphatic hydroxyl groups excluding tert-OH is 1. The van der Waals surface area contributed by atoms with Crippen molar-refractivity contribution in [1.29, 1.82) is 0 Å². The van der Waals surface area contributed by atoms with E-state index in [-0.39, 0.29) is 60.3 Å². The molecule has 3 aromatic rings. The molecule has 0 saturated carbocycles. The van der Waals surface area contributed by atoms with Gasteiger partial charge in [-0.05, 0) is 40.2 Å². The van der Waals surface area contributed by atoms with E-state index in [4.69, 9.17) is 23.7 Å². The Hall–Kier alpha value is -4.82. The summed E-state index contributed by atoms with van der Waals surface area (Å²) in [4.78, 5) is 52.0. The highest BCUT2D eigenvalue weighted by Crippen LogP contribution is 2.31. The van der Waals surface area contributed by atoms with E-state index in [9.17, 15) is 24.3 Å². The van der Waals surface area contributed by atoms with E-state index < -0.39 is 36.3 Å². The number of aromatic nitrogens is 2. The van der Waals surface area contributed by atoms with Crippen molar-refractivity contribution >= 4 is 35.5 Å². The predicted molar refractivity (Wildman–Crippen MR) is 158 cm³/mol. The second kappa shape index (κ2) is 15.1. The van der Waals surface area contributed by atoms with Gasteiger partial charge in [-0.3, -0.25) is 10.6 Å². The maximum atomic E-state index is 13.3. The number of amides is 2. The van der Waals surface area contributed by atoms with E-state index in [0.29, 0.717) is 0 Å². The Labute approximate surface area is 254 Å². The van der Waals surface area contributed by atoms with Crippen molar-refractivity contribution in [2.24, 2.45) is 0 Å². The summed E-state index contributed by atoms with van der Waals surface area (Å²) in [6.07, 6.45) is 0.992. The average molecular weight is 615 g/mol. The lowest BCUT2D eigenvalue weighted by molar-refractivity contribution is 0.0484. The first kappa shape index (κ1) is 33.7. The molecule has 0 spiro atoms. The molecule has 0 unspecified atom stereocenters. The van der Waals surface area contributed by atoms with Crippen LogP contribution in [0.25, 0.3) is 0 Å². The SMILES string of the molecule is CCOC(=O)c1c(CO)c(NC(=O)OCc2ccccc2)cn1-n1cc(NC(=O)OC(C)(C)C)c(COC)c1C(=O)OCC. The molecule has 2 amide bonds. The molecule has 1 aromatic carbocycles. The summed E-state index contributed by atoms with van der Waals surface area (Å²) in [6, 6.07) is 8.99. The standard InChI is InChI=1S/C30H38N4O10/c1-7-41-26(36)24-20(16-35)22(31-28(38)43-17-19-12-10-9-11-13-19)14-33(24)34-15-23(32-29(39)44-30(3,4)5)21(18-40-6)25(34)27(37)42-8-2/h9-15,35H,7-8,16-18H2,1-6H3,(H,31,38)(H,32,39). The Kier molecular flexibility index (Phi) is 11.5. The van der Waals surface area contributed by atoms with E-state index in [0.717, 1.165) is 5.56 Å². The van der Waals surface area contributed by atoms with Crippen molar-refractivity contribution < 1.29 is 48.0 Å². The summed E-state index contributed by atoms with van der Waals surface area (Å²) >= 11 is 0. The molecule has 0 radical (unpaired) electrons. The van der Waals surface area contributed by atoms with Gasteiger partial charge in [-0.1, -0.05) is 30.3 Å². The number of ether oxygens (including phenoxy) is 5. The lowest BCUT2D eigenvalue weighted by Crippen LogP contribution is -2.27. The number of benzene rings is 1. The van der Waals surface area contributed by atoms with Gasteiger partial charge in [-0.2, -0.15) is 0 Å². The molecule has 0 atom stereocenters. The van der Waals surface area contributed by atoms with Crippen molar-refractivity contribution in [1.82, 2.24) is 9.35 Å². The molecule has 2 heterocycles. The Morgan fingerprint density at radius 2 is 1.30 bits per heavy atom. The summed E-state index contributed by atoms with van der Waals surface area (Å²) in [5.74, 6) is -1.66. The molecule has 0 saturated heterocycles. The fourth-order valence-electron chi connectivity index (χ4n) is 4.18. The molecular weight excluding hydrogens is 576 g/mol. The lowest BCUT2D eigenvalue weighted by atomic mass is 10.2. The third-order valence-corrected chi connectivity index (χ3v) is 5.88. The monoisotopic (exact) mass is 614 g/mol. The van der Waals surface area contributed by atoms with Crippen LogP contribution in [0, 0.1) is 0 Å². The van der Waals surface area contributed by atoms with Gasteiger partial charge < -0.3 is 28.8 Å². The maximum Gasteiger partial charge on any atom is 0.412 e. The van der Waals surface area contributed by atoms with Gasteiger partial charge in [0, 0.05) is 18.2 Å². The fourth-order valence-corrected chi connectivity index (χ4v) is 4.18. The summed E-state index contributed by atoms with van der Waals surface area (Å²) < 4.78 is 29.0. The highest BCUT2D eigenvalue weighted by atomic mass is 16.6. The van der Waals surface area contributed by atoms with Crippen molar-refractivity contribution in [2.45, 2.75) is 60.0 Å². The minimum atomic E-state index is -0.860. The number of esters is 2. The third-order valence-electron chi connectivity index (χ3n) is 5.88. The number of hydrogen-bond donors (Lipinski definition) is 3. The Balaban J connectivity index is 2.17. The number of carbonyl (C=O) groups is 4. The van der Waals surface area contributed by atoms with Crippen LogP contribution in [0.3, 0.4) is 0 Å². The van der Waals surface area contributed by atoms with Gasteiger partial charge >= 0.3 is 24.1 Å². The van der Waals surface area contributed by atoms with Crippen LogP contribution in [0.1, 0.15) is 72.3 Å². The zero-order chi connectivity index (χ0) is 32.4. The van der Waals surface area contributed by atoms with Crippen molar-refractivity contribution in [3.8, 4) is 0 Å². The second-order valence-electron chi connectivity index (χ2n) is 10.3. The summed E-state index contributed by atoms with van der Waals surface area (Å²) in [5, 5.41) is 15.5.